The number of aromatic nitrogens is 1. The number of nitrogens with zero attached hydrogens (tertiary/aromatic N) is 1. The van der Waals surface area contributed by atoms with Crippen LogP contribution in [0.4, 0.5) is 0 Å². The highest BCUT2D eigenvalue weighted by atomic mass is 16.4. The highest BCUT2D eigenvalue weighted by Gasteiger charge is 2.19. The maximum Gasteiger partial charge on any atom is 0.337 e. The van der Waals surface area contributed by atoms with Crippen LogP contribution in [0.15, 0.2) is 12.3 Å². The first kappa shape index (κ1) is 8.87. The predicted molar refractivity (Wildman–Crippen MR) is 48.5 cm³/mol. The number of aryl methyl sites for hydroxylation is 1. The van der Waals surface area contributed by atoms with Crippen LogP contribution in [0, 0.1) is 0 Å². The van der Waals surface area contributed by atoms with Gasteiger partial charge in [0.1, 0.15) is 0 Å². The van der Waals surface area contributed by atoms with Crippen LogP contribution in [0.25, 0.3) is 0 Å². The van der Waals surface area contributed by atoms with Crippen molar-refractivity contribution in [3.05, 3.63) is 29.1 Å². The fraction of sp³-hybridized carbons (Fsp3) is 0.300. The summed E-state index contributed by atoms with van der Waals surface area (Å²) in [6.45, 7) is 0. The Morgan fingerprint density at radius 1 is 1.43 bits per heavy atom. The Morgan fingerprint density at radius 3 is 2.93 bits per heavy atom. The number of aromatic carboxylic acids is 1. The summed E-state index contributed by atoms with van der Waals surface area (Å²) in [5.41, 5.74) is 1.29. The number of carboxylic acid groups (broad SMARTS) is 1. The van der Waals surface area contributed by atoms with Crippen LogP contribution in [0.1, 0.15) is 39.3 Å². The first-order chi connectivity index (χ1) is 6.68. The van der Waals surface area contributed by atoms with Crippen molar-refractivity contribution >= 4 is 11.8 Å². The van der Waals surface area contributed by atoms with Crippen LogP contribution in [0.2, 0.25) is 0 Å². The van der Waals surface area contributed by atoms with Gasteiger partial charge in [0.2, 0.25) is 0 Å². The van der Waals surface area contributed by atoms with Crippen LogP contribution >= 0.6 is 0 Å². The fourth-order valence-corrected chi connectivity index (χ4v) is 1.60. The molecule has 4 nitrogen and oxygen atoms in total. The molecule has 0 spiro atoms. The van der Waals surface area contributed by atoms with E-state index in [0.717, 1.165) is 18.5 Å². The number of fused-ring (bicyclic) bond motifs is 1. The minimum absolute atomic E-state index is 0.00171. The Labute approximate surface area is 80.6 Å². The van der Waals surface area contributed by atoms with Crippen LogP contribution in [-0.2, 0) is 6.42 Å². The summed E-state index contributed by atoms with van der Waals surface area (Å²) in [5.74, 6) is -1.04. The van der Waals surface area contributed by atoms with Crippen LogP contribution in [0.3, 0.4) is 0 Å². The smallest absolute Gasteiger partial charge is 0.337 e. The monoisotopic (exact) mass is 191 g/mol. The molecule has 1 aromatic rings. The molecule has 1 aliphatic rings. The number of carbonyl (C=O) groups is 2. The number of ketones is 1. The van der Waals surface area contributed by atoms with Gasteiger partial charge in [-0.1, -0.05) is 0 Å². The summed E-state index contributed by atoms with van der Waals surface area (Å²) < 4.78 is 0. The molecule has 1 heterocycles. The fourth-order valence-electron chi connectivity index (χ4n) is 1.60. The summed E-state index contributed by atoms with van der Waals surface area (Å²) in [5, 5.41) is 8.72. The molecular formula is C10H9NO3. The van der Waals surface area contributed by atoms with E-state index in [1.54, 1.807) is 0 Å². The lowest BCUT2D eigenvalue weighted by Gasteiger charge is -2.13. The third kappa shape index (κ3) is 1.39. The van der Waals surface area contributed by atoms with Crippen LogP contribution in [0.5, 0.6) is 0 Å². The minimum atomic E-state index is -1.04. The third-order valence-electron chi connectivity index (χ3n) is 2.33. The molecule has 0 saturated carbocycles. The Bertz CT molecular complexity index is 412. The van der Waals surface area contributed by atoms with Crippen molar-refractivity contribution in [2.75, 3.05) is 0 Å². The van der Waals surface area contributed by atoms with E-state index in [-0.39, 0.29) is 11.3 Å². The van der Waals surface area contributed by atoms with Gasteiger partial charge >= 0.3 is 5.97 Å². The van der Waals surface area contributed by atoms with E-state index in [9.17, 15) is 9.59 Å². The maximum atomic E-state index is 11.4. The highest BCUT2D eigenvalue weighted by Crippen LogP contribution is 2.19. The SMILES string of the molecule is O=C(O)c1cnc2c(c1)C(=O)CCC2. The minimum Gasteiger partial charge on any atom is -0.478 e. The topological polar surface area (TPSA) is 67.3 Å². The summed E-state index contributed by atoms with van der Waals surface area (Å²) in [6.07, 6.45) is 3.38. The van der Waals surface area contributed by atoms with Crippen molar-refractivity contribution in [1.29, 1.82) is 0 Å². The summed E-state index contributed by atoms with van der Waals surface area (Å²) in [7, 11) is 0. The lowest BCUT2D eigenvalue weighted by atomic mass is 9.94. The van der Waals surface area contributed by atoms with Gasteiger partial charge in [0.15, 0.2) is 5.78 Å². The maximum absolute atomic E-state index is 11.4. The van der Waals surface area contributed by atoms with Gasteiger partial charge in [-0.2, -0.15) is 0 Å². The first-order valence-electron chi connectivity index (χ1n) is 4.44. The molecule has 2 rings (SSSR count). The van der Waals surface area contributed by atoms with Gasteiger partial charge in [-0.15, -0.1) is 0 Å². The lowest BCUT2D eigenvalue weighted by molar-refractivity contribution is 0.0696. The molecule has 0 radical (unpaired) electrons. The van der Waals surface area contributed by atoms with E-state index in [1.807, 2.05) is 0 Å². The Balaban J connectivity index is 2.51. The largest absolute Gasteiger partial charge is 0.478 e. The number of pyridine rings is 1. The van der Waals surface area contributed by atoms with Gasteiger partial charge in [-0.25, -0.2) is 4.79 Å². The van der Waals surface area contributed by atoms with E-state index in [4.69, 9.17) is 5.11 Å². The molecule has 0 aliphatic heterocycles. The standard InChI is InChI=1S/C10H9NO3/c12-9-3-1-2-8-7(9)4-6(5-11-8)10(13)14/h4-5H,1-3H2,(H,13,14). The van der Waals surface area contributed by atoms with Crippen LogP contribution in [-0.4, -0.2) is 21.8 Å². The second-order valence-electron chi connectivity index (χ2n) is 3.30. The van der Waals surface area contributed by atoms with Crippen LogP contribution < -0.4 is 0 Å². The lowest BCUT2D eigenvalue weighted by Crippen LogP contribution is -2.14. The number of rotatable bonds is 1. The molecular weight excluding hydrogens is 182 g/mol. The molecule has 72 valence electrons. The highest BCUT2D eigenvalue weighted by molar-refractivity contribution is 6.00. The molecule has 0 aromatic carbocycles. The van der Waals surface area contributed by atoms with Gasteiger partial charge in [0.05, 0.1) is 11.3 Å². The van der Waals surface area contributed by atoms with Crippen molar-refractivity contribution in [2.24, 2.45) is 0 Å². The van der Waals surface area contributed by atoms with E-state index < -0.39 is 5.97 Å². The van der Waals surface area contributed by atoms with Crippen molar-refractivity contribution in [2.45, 2.75) is 19.3 Å². The summed E-state index contributed by atoms with van der Waals surface area (Å²) in [4.78, 5) is 26.1. The average Bonchev–Trinajstić information content (AvgIpc) is 2.18. The normalized spacial score (nSPS) is 15.0. The van der Waals surface area contributed by atoms with Crippen molar-refractivity contribution in [3.8, 4) is 0 Å². The number of Topliss-reactive ketones (excluding diaryl/α,β-unsaturated/α-hetero) is 1. The zero-order valence-electron chi connectivity index (χ0n) is 7.49. The van der Waals surface area contributed by atoms with Gasteiger partial charge in [-0.3, -0.25) is 9.78 Å². The molecule has 14 heavy (non-hydrogen) atoms. The van der Waals surface area contributed by atoms with Crippen molar-refractivity contribution in [3.63, 3.8) is 0 Å². The predicted octanol–water partition coefficient (Wildman–Crippen LogP) is 1.30. The zero-order chi connectivity index (χ0) is 10.1. The Hall–Kier alpha value is -1.71. The molecule has 0 amide bonds. The number of hydrogen-bond acceptors (Lipinski definition) is 3. The van der Waals surface area contributed by atoms with Crippen molar-refractivity contribution < 1.29 is 14.7 Å². The third-order valence-corrected chi connectivity index (χ3v) is 2.33. The molecule has 0 bridgehead atoms. The van der Waals surface area contributed by atoms with E-state index in [1.165, 1.54) is 12.3 Å². The molecule has 1 aromatic heterocycles. The number of carbonyl (C=O) groups excluding carboxylic acids is 1. The van der Waals surface area contributed by atoms with Crippen molar-refractivity contribution in [1.82, 2.24) is 4.98 Å². The Kier molecular flexibility index (Phi) is 2.04. The first-order valence-corrected chi connectivity index (χ1v) is 4.44. The van der Waals surface area contributed by atoms with Gasteiger partial charge in [0.25, 0.3) is 0 Å². The molecule has 0 unspecified atom stereocenters. The number of carboxylic acids is 1. The second-order valence-corrected chi connectivity index (χ2v) is 3.30. The molecule has 0 atom stereocenters. The second kappa shape index (κ2) is 3.21. The van der Waals surface area contributed by atoms with E-state index in [0.29, 0.717) is 12.0 Å². The van der Waals surface area contributed by atoms with Gasteiger partial charge in [-0.05, 0) is 18.9 Å². The zero-order valence-corrected chi connectivity index (χ0v) is 7.49. The molecule has 0 saturated heterocycles. The Morgan fingerprint density at radius 2 is 2.21 bits per heavy atom. The van der Waals surface area contributed by atoms with Gasteiger partial charge in [0, 0.05) is 18.2 Å². The molecule has 1 N–H and O–H groups in total. The average molecular weight is 191 g/mol. The summed E-state index contributed by atoms with van der Waals surface area (Å²) >= 11 is 0. The molecule has 4 heteroatoms. The molecule has 1 aliphatic carbocycles. The van der Waals surface area contributed by atoms with E-state index in [2.05, 4.69) is 4.98 Å². The van der Waals surface area contributed by atoms with Gasteiger partial charge < -0.3 is 5.11 Å². The quantitative estimate of drug-likeness (QED) is 0.726. The number of hydrogen-bond donors (Lipinski definition) is 1. The molecule has 0 fully saturated rings. The summed E-state index contributed by atoms with van der Waals surface area (Å²) in [6, 6.07) is 1.42. The van der Waals surface area contributed by atoms with E-state index >= 15 is 0 Å².